The highest BCUT2D eigenvalue weighted by Crippen LogP contribution is 2.26. The van der Waals surface area contributed by atoms with Crippen LogP contribution in [-0.2, 0) is 9.53 Å². The number of Topliss-reactive ketones (excluding diaryl/α,β-unsaturated/α-hetero) is 1. The second kappa shape index (κ2) is 8.84. The van der Waals surface area contributed by atoms with Crippen LogP contribution in [0.4, 0.5) is 0 Å². The van der Waals surface area contributed by atoms with E-state index in [0.717, 1.165) is 11.1 Å². The Morgan fingerprint density at radius 3 is 2.38 bits per heavy atom. The SMILES string of the molecule is COc1ccc(C=NCC(=O)C(OC)c2ccccc2)cc1OC. The molecule has 0 bridgehead atoms. The van der Waals surface area contributed by atoms with Crippen LogP contribution in [0.25, 0.3) is 0 Å². The van der Waals surface area contributed by atoms with E-state index in [0.29, 0.717) is 11.5 Å². The quantitative estimate of drug-likeness (QED) is 0.699. The number of carbonyl (C=O) groups excluding carboxylic acids is 1. The number of carbonyl (C=O) groups is 1. The van der Waals surface area contributed by atoms with Gasteiger partial charge in [-0.15, -0.1) is 0 Å². The normalized spacial score (nSPS) is 12.1. The summed E-state index contributed by atoms with van der Waals surface area (Å²) in [6, 6.07) is 14.8. The smallest absolute Gasteiger partial charge is 0.187 e. The molecule has 0 saturated carbocycles. The number of rotatable bonds is 8. The summed E-state index contributed by atoms with van der Waals surface area (Å²) in [6.45, 7) is 0.0434. The van der Waals surface area contributed by atoms with E-state index in [1.165, 1.54) is 7.11 Å². The van der Waals surface area contributed by atoms with E-state index >= 15 is 0 Å². The van der Waals surface area contributed by atoms with Crippen molar-refractivity contribution in [3.05, 3.63) is 59.7 Å². The van der Waals surface area contributed by atoms with Crippen molar-refractivity contribution in [1.82, 2.24) is 0 Å². The Labute approximate surface area is 141 Å². The molecule has 0 aliphatic rings. The summed E-state index contributed by atoms with van der Waals surface area (Å²) in [7, 11) is 4.68. The molecule has 1 unspecified atom stereocenters. The average Bonchev–Trinajstić information content (AvgIpc) is 2.63. The van der Waals surface area contributed by atoms with Gasteiger partial charge in [0, 0.05) is 13.3 Å². The summed E-state index contributed by atoms with van der Waals surface area (Å²) >= 11 is 0. The largest absolute Gasteiger partial charge is 0.493 e. The van der Waals surface area contributed by atoms with E-state index < -0.39 is 6.10 Å². The number of hydrogen-bond acceptors (Lipinski definition) is 5. The van der Waals surface area contributed by atoms with Crippen molar-refractivity contribution < 1.29 is 19.0 Å². The fourth-order valence-electron chi connectivity index (χ4n) is 2.34. The van der Waals surface area contributed by atoms with Gasteiger partial charge in [-0.05, 0) is 29.3 Å². The predicted octanol–water partition coefficient (Wildman–Crippen LogP) is 3.08. The molecule has 0 N–H and O–H groups in total. The van der Waals surface area contributed by atoms with Gasteiger partial charge in [0.05, 0.1) is 14.2 Å². The number of ketones is 1. The standard InChI is InChI=1S/C19H21NO4/c1-22-17-10-9-14(11-18(17)23-2)12-20-13-16(21)19(24-3)15-7-5-4-6-8-15/h4-12,19H,13H2,1-3H3. The van der Waals surface area contributed by atoms with Gasteiger partial charge in [-0.2, -0.15) is 0 Å². The molecule has 0 fully saturated rings. The molecule has 0 aliphatic carbocycles. The zero-order valence-electron chi connectivity index (χ0n) is 14.1. The molecule has 1 atom stereocenters. The van der Waals surface area contributed by atoms with E-state index in [4.69, 9.17) is 14.2 Å². The van der Waals surface area contributed by atoms with Crippen LogP contribution in [0, 0.1) is 0 Å². The summed E-state index contributed by atoms with van der Waals surface area (Å²) in [5, 5.41) is 0. The third-order valence-electron chi connectivity index (χ3n) is 3.53. The van der Waals surface area contributed by atoms with E-state index in [9.17, 15) is 4.79 Å². The van der Waals surface area contributed by atoms with Crippen LogP contribution in [0.3, 0.4) is 0 Å². The molecule has 24 heavy (non-hydrogen) atoms. The Morgan fingerprint density at radius 2 is 1.75 bits per heavy atom. The minimum Gasteiger partial charge on any atom is -0.493 e. The molecule has 2 rings (SSSR count). The zero-order chi connectivity index (χ0) is 17.4. The lowest BCUT2D eigenvalue weighted by atomic mass is 10.1. The minimum absolute atomic E-state index is 0.0434. The average molecular weight is 327 g/mol. The molecule has 5 heteroatoms. The van der Waals surface area contributed by atoms with Crippen LogP contribution >= 0.6 is 0 Å². The maximum atomic E-state index is 12.3. The molecule has 5 nitrogen and oxygen atoms in total. The van der Waals surface area contributed by atoms with E-state index in [-0.39, 0.29) is 12.3 Å². The predicted molar refractivity (Wildman–Crippen MR) is 93.2 cm³/mol. The van der Waals surface area contributed by atoms with Gasteiger partial charge in [0.25, 0.3) is 0 Å². The first kappa shape index (κ1) is 17.7. The second-order valence-corrected chi connectivity index (χ2v) is 5.08. The topological polar surface area (TPSA) is 57.1 Å². The fraction of sp³-hybridized carbons (Fsp3) is 0.263. The van der Waals surface area contributed by atoms with Crippen molar-refractivity contribution in [2.24, 2.45) is 4.99 Å². The molecule has 0 heterocycles. The second-order valence-electron chi connectivity index (χ2n) is 5.08. The molecule has 0 saturated heterocycles. The molecular weight excluding hydrogens is 306 g/mol. The number of ether oxygens (including phenoxy) is 3. The van der Waals surface area contributed by atoms with Gasteiger partial charge in [-0.25, -0.2) is 0 Å². The van der Waals surface area contributed by atoms with Crippen LogP contribution in [0.1, 0.15) is 17.2 Å². The van der Waals surface area contributed by atoms with Crippen LogP contribution in [-0.4, -0.2) is 39.9 Å². The molecule has 126 valence electrons. The van der Waals surface area contributed by atoms with E-state index in [2.05, 4.69) is 4.99 Å². The maximum Gasteiger partial charge on any atom is 0.187 e. The fourth-order valence-corrected chi connectivity index (χ4v) is 2.34. The maximum absolute atomic E-state index is 12.3. The summed E-state index contributed by atoms with van der Waals surface area (Å²) in [6.07, 6.45) is 1.03. The lowest BCUT2D eigenvalue weighted by molar-refractivity contribution is -0.127. The van der Waals surface area contributed by atoms with Gasteiger partial charge in [-0.3, -0.25) is 9.79 Å². The molecule has 0 spiro atoms. The van der Waals surface area contributed by atoms with Crippen molar-refractivity contribution in [3.63, 3.8) is 0 Å². The van der Waals surface area contributed by atoms with Crippen molar-refractivity contribution >= 4 is 12.0 Å². The number of nitrogens with zero attached hydrogens (tertiary/aromatic N) is 1. The van der Waals surface area contributed by atoms with Crippen molar-refractivity contribution in [3.8, 4) is 11.5 Å². The van der Waals surface area contributed by atoms with Crippen molar-refractivity contribution in [2.45, 2.75) is 6.10 Å². The zero-order valence-corrected chi connectivity index (χ0v) is 14.1. The lowest BCUT2D eigenvalue weighted by Gasteiger charge is -2.13. The van der Waals surface area contributed by atoms with Gasteiger partial charge in [-0.1, -0.05) is 30.3 Å². The number of benzene rings is 2. The Balaban J connectivity index is 2.04. The Bertz CT molecular complexity index is 698. The van der Waals surface area contributed by atoms with Gasteiger partial charge < -0.3 is 14.2 Å². The first-order chi connectivity index (χ1) is 11.7. The van der Waals surface area contributed by atoms with Crippen LogP contribution in [0.15, 0.2) is 53.5 Å². The molecule has 0 radical (unpaired) electrons. The van der Waals surface area contributed by atoms with E-state index in [1.54, 1.807) is 32.6 Å². The summed E-state index contributed by atoms with van der Waals surface area (Å²) < 4.78 is 15.7. The molecule has 2 aromatic carbocycles. The number of hydrogen-bond donors (Lipinski definition) is 0. The van der Waals surface area contributed by atoms with Gasteiger partial charge in [0.1, 0.15) is 12.6 Å². The summed E-state index contributed by atoms with van der Waals surface area (Å²) in [5.74, 6) is 1.17. The Kier molecular flexibility index (Phi) is 6.51. The van der Waals surface area contributed by atoms with Gasteiger partial charge in [0.2, 0.25) is 0 Å². The van der Waals surface area contributed by atoms with Gasteiger partial charge >= 0.3 is 0 Å². The Morgan fingerprint density at radius 1 is 1.04 bits per heavy atom. The van der Waals surface area contributed by atoms with Gasteiger partial charge in [0.15, 0.2) is 17.3 Å². The molecule has 0 amide bonds. The minimum atomic E-state index is -0.603. The Hall–Kier alpha value is -2.66. The highest BCUT2D eigenvalue weighted by Gasteiger charge is 2.18. The molecule has 0 aromatic heterocycles. The summed E-state index contributed by atoms with van der Waals surface area (Å²) in [4.78, 5) is 16.5. The summed E-state index contributed by atoms with van der Waals surface area (Å²) in [5.41, 5.74) is 1.65. The first-order valence-electron chi connectivity index (χ1n) is 7.52. The third kappa shape index (κ3) is 4.43. The number of methoxy groups -OCH3 is 3. The monoisotopic (exact) mass is 327 g/mol. The van der Waals surface area contributed by atoms with Crippen LogP contribution in [0.2, 0.25) is 0 Å². The third-order valence-corrected chi connectivity index (χ3v) is 3.53. The number of aliphatic imine (C=N–C) groups is 1. The highest BCUT2D eigenvalue weighted by atomic mass is 16.5. The van der Waals surface area contributed by atoms with Crippen LogP contribution in [0.5, 0.6) is 11.5 Å². The lowest BCUT2D eigenvalue weighted by Crippen LogP contribution is -2.17. The van der Waals surface area contributed by atoms with E-state index in [1.807, 2.05) is 36.4 Å². The first-order valence-corrected chi connectivity index (χ1v) is 7.52. The highest BCUT2D eigenvalue weighted by molar-refractivity contribution is 5.89. The van der Waals surface area contributed by atoms with Crippen molar-refractivity contribution in [2.75, 3.05) is 27.9 Å². The van der Waals surface area contributed by atoms with Crippen molar-refractivity contribution in [1.29, 1.82) is 0 Å². The van der Waals surface area contributed by atoms with Crippen LogP contribution < -0.4 is 9.47 Å². The molecule has 2 aromatic rings. The molecule has 0 aliphatic heterocycles. The molecular formula is C19H21NO4.